The zero-order valence-electron chi connectivity index (χ0n) is 17.6. The highest BCUT2D eigenvalue weighted by Crippen LogP contribution is 2.54. The second-order valence-corrected chi connectivity index (χ2v) is 8.84. The molecule has 2 atom stereocenters. The van der Waals surface area contributed by atoms with Gasteiger partial charge in [-0.2, -0.15) is 0 Å². The molecule has 0 amide bonds. The van der Waals surface area contributed by atoms with Gasteiger partial charge < -0.3 is 25.0 Å². The SMILES string of the molecule is CC.Cc1ccc(Nc2c(F)c(F)cc3c2NSC2(CC2)CC(O)C(O)CO3)c(F)c1. The highest BCUT2D eigenvalue weighted by Gasteiger charge is 2.47. The van der Waals surface area contributed by atoms with E-state index in [1.807, 2.05) is 13.8 Å². The Bertz CT molecular complexity index is 941. The number of aryl methyl sites for hydroxylation is 1. The molecule has 170 valence electrons. The van der Waals surface area contributed by atoms with Gasteiger partial charge >= 0.3 is 0 Å². The van der Waals surface area contributed by atoms with Gasteiger partial charge in [0.15, 0.2) is 11.6 Å². The minimum absolute atomic E-state index is 0.0113. The number of benzene rings is 2. The van der Waals surface area contributed by atoms with E-state index >= 15 is 0 Å². The number of anilines is 3. The van der Waals surface area contributed by atoms with Gasteiger partial charge in [0.2, 0.25) is 0 Å². The fraction of sp³-hybridized carbons (Fsp3) is 0.455. The molecule has 2 aromatic rings. The summed E-state index contributed by atoms with van der Waals surface area (Å²) < 4.78 is 51.4. The summed E-state index contributed by atoms with van der Waals surface area (Å²) in [6, 6.07) is 5.25. The van der Waals surface area contributed by atoms with Crippen molar-refractivity contribution in [1.29, 1.82) is 0 Å². The minimum Gasteiger partial charge on any atom is -0.488 e. The fourth-order valence-corrected chi connectivity index (χ4v) is 4.32. The minimum atomic E-state index is -1.18. The first-order valence-electron chi connectivity index (χ1n) is 10.3. The van der Waals surface area contributed by atoms with Crippen LogP contribution in [0, 0.1) is 24.4 Å². The summed E-state index contributed by atoms with van der Waals surface area (Å²) in [5, 5.41) is 22.9. The lowest BCUT2D eigenvalue weighted by molar-refractivity contribution is -0.0125. The van der Waals surface area contributed by atoms with Crippen LogP contribution >= 0.6 is 11.9 Å². The Hall–Kier alpha value is -2.10. The number of nitrogens with one attached hydrogen (secondary N) is 2. The topological polar surface area (TPSA) is 73.8 Å². The maximum Gasteiger partial charge on any atom is 0.184 e. The average molecular weight is 457 g/mol. The third-order valence-electron chi connectivity index (χ3n) is 5.18. The molecule has 4 N–H and O–H groups in total. The van der Waals surface area contributed by atoms with Gasteiger partial charge in [-0.25, -0.2) is 13.2 Å². The molecular formula is C22H27F3N2O3S. The van der Waals surface area contributed by atoms with Gasteiger partial charge in [0.25, 0.3) is 0 Å². The predicted octanol–water partition coefficient (Wildman–Crippen LogP) is 5.28. The van der Waals surface area contributed by atoms with E-state index in [1.165, 1.54) is 24.1 Å². The molecule has 0 aromatic heterocycles. The fourth-order valence-electron chi connectivity index (χ4n) is 3.24. The van der Waals surface area contributed by atoms with Gasteiger partial charge in [-0.15, -0.1) is 0 Å². The lowest BCUT2D eigenvalue weighted by Gasteiger charge is -2.27. The monoisotopic (exact) mass is 456 g/mol. The molecule has 0 bridgehead atoms. The maximum absolute atomic E-state index is 14.7. The largest absolute Gasteiger partial charge is 0.488 e. The molecule has 1 spiro atoms. The van der Waals surface area contributed by atoms with Crippen molar-refractivity contribution in [2.24, 2.45) is 0 Å². The number of fused-ring (bicyclic) bond motifs is 1. The van der Waals surface area contributed by atoms with E-state index in [1.54, 1.807) is 13.0 Å². The van der Waals surface area contributed by atoms with Crippen molar-refractivity contribution < 1.29 is 28.1 Å². The van der Waals surface area contributed by atoms with Crippen molar-refractivity contribution in [2.75, 3.05) is 16.6 Å². The van der Waals surface area contributed by atoms with E-state index in [0.29, 0.717) is 12.0 Å². The molecule has 1 heterocycles. The summed E-state index contributed by atoms with van der Waals surface area (Å²) in [6.45, 7) is 5.43. The zero-order valence-corrected chi connectivity index (χ0v) is 18.5. The van der Waals surface area contributed by atoms with E-state index in [0.717, 1.165) is 18.9 Å². The van der Waals surface area contributed by atoms with E-state index in [9.17, 15) is 23.4 Å². The Kier molecular flexibility index (Phi) is 7.28. The van der Waals surface area contributed by atoms with Gasteiger partial charge in [-0.1, -0.05) is 19.9 Å². The first-order valence-corrected chi connectivity index (χ1v) is 11.1. The Morgan fingerprint density at radius 2 is 1.81 bits per heavy atom. The molecular weight excluding hydrogens is 429 g/mol. The van der Waals surface area contributed by atoms with E-state index < -0.39 is 29.7 Å². The van der Waals surface area contributed by atoms with Crippen molar-refractivity contribution in [1.82, 2.24) is 0 Å². The number of halogens is 3. The van der Waals surface area contributed by atoms with Crippen LogP contribution in [-0.2, 0) is 0 Å². The van der Waals surface area contributed by atoms with Gasteiger partial charge in [-0.05, 0) is 55.8 Å². The van der Waals surface area contributed by atoms with Crippen LogP contribution < -0.4 is 14.8 Å². The highest BCUT2D eigenvalue weighted by molar-refractivity contribution is 8.02. The second-order valence-electron chi connectivity index (χ2n) is 7.57. The summed E-state index contributed by atoms with van der Waals surface area (Å²) in [5.41, 5.74) is 0.504. The third kappa shape index (κ3) is 5.22. The number of aliphatic hydroxyl groups is 2. The molecule has 1 aliphatic carbocycles. The van der Waals surface area contributed by atoms with Gasteiger partial charge in [-0.3, -0.25) is 0 Å². The Morgan fingerprint density at radius 3 is 2.45 bits per heavy atom. The van der Waals surface area contributed by atoms with Crippen LogP contribution in [0.4, 0.5) is 30.2 Å². The first-order chi connectivity index (χ1) is 14.8. The summed E-state index contributed by atoms with van der Waals surface area (Å²) in [7, 11) is 0. The van der Waals surface area contributed by atoms with Crippen LogP contribution in [0.25, 0.3) is 0 Å². The molecule has 5 nitrogen and oxygen atoms in total. The second kappa shape index (κ2) is 9.58. The summed E-state index contributed by atoms with van der Waals surface area (Å²) in [6.07, 6.45) is -0.201. The molecule has 2 unspecified atom stereocenters. The molecule has 4 rings (SSSR count). The average Bonchev–Trinajstić information content (AvgIpc) is 3.51. The molecule has 1 aliphatic heterocycles. The standard InChI is InChI=1S/C20H21F3N2O3S.C2H6/c1-10-2-3-13(11(21)6-10)24-19-17(23)12(22)7-16-18(19)25-29-20(4-5-20)8-14(26)15(27)9-28-16;1-2/h2-3,6-7,14-15,24-27H,4-5,8-9H2,1H3;1-2H3. The lowest BCUT2D eigenvalue weighted by Crippen LogP contribution is -2.35. The number of rotatable bonds is 2. The molecule has 2 aliphatic rings. The quantitative estimate of drug-likeness (QED) is 0.461. The van der Waals surface area contributed by atoms with Crippen LogP contribution in [0.15, 0.2) is 24.3 Å². The first kappa shape index (κ1) is 23.6. The van der Waals surface area contributed by atoms with Crippen molar-refractivity contribution in [3.05, 3.63) is 47.3 Å². The maximum atomic E-state index is 14.7. The third-order valence-corrected chi connectivity index (χ3v) is 6.49. The van der Waals surface area contributed by atoms with Crippen molar-refractivity contribution in [3.8, 4) is 5.75 Å². The normalized spacial score (nSPS) is 21.7. The van der Waals surface area contributed by atoms with Gasteiger partial charge in [0, 0.05) is 10.8 Å². The summed E-state index contributed by atoms with van der Waals surface area (Å²) in [4.78, 5) is 0. The number of aliphatic hydroxyl groups excluding tert-OH is 2. The highest BCUT2D eigenvalue weighted by atomic mass is 32.2. The Labute approximate surface area is 184 Å². The van der Waals surface area contributed by atoms with Crippen LogP contribution in [0.3, 0.4) is 0 Å². The van der Waals surface area contributed by atoms with E-state index in [4.69, 9.17) is 4.74 Å². The number of hydrogen-bond donors (Lipinski definition) is 4. The lowest BCUT2D eigenvalue weighted by atomic mass is 10.1. The molecule has 0 radical (unpaired) electrons. The van der Waals surface area contributed by atoms with Crippen LogP contribution in [0.5, 0.6) is 5.75 Å². The smallest absolute Gasteiger partial charge is 0.184 e. The Morgan fingerprint density at radius 1 is 1.10 bits per heavy atom. The number of hydrogen-bond acceptors (Lipinski definition) is 6. The van der Waals surface area contributed by atoms with Crippen molar-refractivity contribution >= 4 is 29.0 Å². The number of ether oxygens (including phenoxy) is 1. The molecule has 9 heteroatoms. The molecule has 1 saturated carbocycles. The van der Waals surface area contributed by atoms with Crippen molar-refractivity contribution in [3.63, 3.8) is 0 Å². The summed E-state index contributed by atoms with van der Waals surface area (Å²) in [5.74, 6) is -3.01. The molecule has 1 fully saturated rings. The van der Waals surface area contributed by atoms with Gasteiger partial charge in [0.05, 0.1) is 11.8 Å². The zero-order chi connectivity index (χ0) is 22.8. The Balaban J connectivity index is 0.00000132. The van der Waals surface area contributed by atoms with Crippen LogP contribution in [-0.4, -0.2) is 33.8 Å². The van der Waals surface area contributed by atoms with E-state index in [-0.39, 0.29) is 34.2 Å². The molecule has 31 heavy (non-hydrogen) atoms. The van der Waals surface area contributed by atoms with E-state index in [2.05, 4.69) is 10.0 Å². The molecule has 0 saturated heterocycles. The molecule has 2 aromatic carbocycles. The van der Waals surface area contributed by atoms with Gasteiger partial charge in [0.1, 0.15) is 35.7 Å². The predicted molar refractivity (Wildman–Crippen MR) is 117 cm³/mol. The summed E-state index contributed by atoms with van der Waals surface area (Å²) >= 11 is 1.26. The van der Waals surface area contributed by atoms with Crippen LogP contribution in [0.2, 0.25) is 0 Å². The van der Waals surface area contributed by atoms with Crippen molar-refractivity contribution in [2.45, 2.75) is 57.0 Å². The van der Waals surface area contributed by atoms with Crippen LogP contribution in [0.1, 0.15) is 38.7 Å².